The minimum Gasteiger partial charge on any atom is -0.450 e. The van der Waals surface area contributed by atoms with Crippen LogP contribution in [0.1, 0.15) is 13.3 Å². The van der Waals surface area contributed by atoms with Gasteiger partial charge in [0.2, 0.25) is 0 Å². The van der Waals surface area contributed by atoms with Gasteiger partial charge in [0.05, 0.1) is 18.2 Å². The van der Waals surface area contributed by atoms with Gasteiger partial charge in [-0.25, -0.2) is 4.79 Å². The van der Waals surface area contributed by atoms with Crippen LogP contribution < -0.4 is 21.6 Å². The lowest BCUT2D eigenvalue weighted by Gasteiger charge is -2.14. The highest BCUT2D eigenvalue weighted by molar-refractivity contribution is 5.69. The molecule has 0 saturated heterocycles. The summed E-state index contributed by atoms with van der Waals surface area (Å²) < 4.78 is 4.80. The van der Waals surface area contributed by atoms with Gasteiger partial charge in [-0.05, 0) is 25.0 Å². The molecule has 92 valence electrons. The number of nitrogens with zero attached hydrogens (tertiary/aromatic N) is 1. The molecule has 6 nitrogen and oxygen atoms in total. The molecule has 0 aromatic carbocycles. The first-order valence-corrected chi connectivity index (χ1v) is 5.60. The van der Waals surface area contributed by atoms with Gasteiger partial charge in [-0.2, -0.15) is 5.10 Å². The number of carbonyl (C=O) groups excluding carboxylic acids is 1. The summed E-state index contributed by atoms with van der Waals surface area (Å²) in [4.78, 5) is 11.2. The van der Waals surface area contributed by atoms with Gasteiger partial charge in [0, 0.05) is 17.8 Å². The molecule has 1 aliphatic carbocycles. The highest BCUT2D eigenvalue weighted by atomic mass is 16.5. The van der Waals surface area contributed by atoms with Crippen LogP contribution in [0.15, 0.2) is 6.20 Å². The number of carbonyl (C=O) groups is 1. The highest BCUT2D eigenvalue weighted by Gasteiger charge is 2.12. The molecule has 1 amide bonds. The summed E-state index contributed by atoms with van der Waals surface area (Å²) in [5.74, 6) is 0. The number of amides is 1. The number of nitrogens with two attached hydrogens (primary N) is 1. The molecule has 17 heavy (non-hydrogen) atoms. The summed E-state index contributed by atoms with van der Waals surface area (Å²) >= 11 is 0. The molecule has 0 radical (unpaired) electrons. The number of H-pyrrole nitrogens is 1. The topological polar surface area (TPSA) is 93.0 Å². The summed E-state index contributed by atoms with van der Waals surface area (Å²) in [6, 6.07) is -0.0399. The van der Waals surface area contributed by atoms with Crippen molar-refractivity contribution in [2.45, 2.75) is 19.4 Å². The van der Waals surface area contributed by atoms with Gasteiger partial charge in [-0.1, -0.05) is 0 Å². The van der Waals surface area contributed by atoms with Crippen molar-refractivity contribution < 1.29 is 9.53 Å². The fraction of sp³-hybridized carbons (Fsp3) is 0.455. The SMILES string of the molecule is CCOC(=O)NCC1=c2cn[nH]c2=CC(N)C1. The van der Waals surface area contributed by atoms with Gasteiger partial charge in [0.1, 0.15) is 0 Å². The summed E-state index contributed by atoms with van der Waals surface area (Å²) in [6.45, 7) is 2.57. The Morgan fingerprint density at radius 1 is 1.76 bits per heavy atom. The van der Waals surface area contributed by atoms with Gasteiger partial charge in [0.15, 0.2) is 0 Å². The van der Waals surface area contributed by atoms with Crippen molar-refractivity contribution in [3.8, 4) is 0 Å². The third-order valence-corrected chi connectivity index (χ3v) is 2.63. The first-order chi connectivity index (χ1) is 8.20. The number of hydrogen-bond acceptors (Lipinski definition) is 4. The van der Waals surface area contributed by atoms with Gasteiger partial charge in [0.25, 0.3) is 0 Å². The Hall–Kier alpha value is -1.82. The van der Waals surface area contributed by atoms with E-state index in [1.807, 2.05) is 6.08 Å². The van der Waals surface area contributed by atoms with Crippen molar-refractivity contribution in [1.29, 1.82) is 0 Å². The van der Waals surface area contributed by atoms with Crippen LogP contribution in [0.4, 0.5) is 4.79 Å². The zero-order chi connectivity index (χ0) is 12.3. The van der Waals surface area contributed by atoms with Crippen molar-refractivity contribution in [1.82, 2.24) is 15.5 Å². The molecule has 0 fully saturated rings. The summed E-state index contributed by atoms with van der Waals surface area (Å²) in [6.07, 6.45) is 4.00. The van der Waals surface area contributed by atoms with Gasteiger partial charge >= 0.3 is 6.09 Å². The van der Waals surface area contributed by atoms with Crippen molar-refractivity contribution in [2.24, 2.45) is 5.73 Å². The van der Waals surface area contributed by atoms with Gasteiger partial charge in [-0.15, -0.1) is 0 Å². The molecule has 0 aliphatic heterocycles. The van der Waals surface area contributed by atoms with E-state index in [9.17, 15) is 4.79 Å². The second-order valence-corrected chi connectivity index (χ2v) is 3.91. The van der Waals surface area contributed by atoms with Crippen LogP contribution in [0, 0.1) is 0 Å². The van der Waals surface area contributed by atoms with Crippen LogP contribution in [0.5, 0.6) is 0 Å². The summed E-state index contributed by atoms with van der Waals surface area (Å²) in [7, 11) is 0. The average molecular weight is 236 g/mol. The number of ether oxygens (including phenoxy) is 1. The molecule has 1 aromatic rings. The molecule has 2 rings (SSSR count). The third kappa shape index (κ3) is 2.65. The van der Waals surface area contributed by atoms with E-state index in [4.69, 9.17) is 10.5 Å². The van der Waals surface area contributed by atoms with E-state index in [0.717, 1.165) is 22.6 Å². The maximum atomic E-state index is 11.2. The van der Waals surface area contributed by atoms with Crippen LogP contribution in [-0.4, -0.2) is 35.5 Å². The van der Waals surface area contributed by atoms with Crippen LogP contribution in [0.3, 0.4) is 0 Å². The van der Waals surface area contributed by atoms with Crippen LogP contribution in [0.25, 0.3) is 11.6 Å². The molecule has 1 heterocycles. The van der Waals surface area contributed by atoms with Crippen LogP contribution >= 0.6 is 0 Å². The number of aromatic nitrogens is 2. The Kier molecular flexibility index (Phi) is 3.43. The third-order valence-electron chi connectivity index (χ3n) is 2.63. The molecule has 1 atom stereocenters. The van der Waals surface area contributed by atoms with E-state index in [1.54, 1.807) is 13.1 Å². The molecule has 1 unspecified atom stereocenters. The minimum absolute atomic E-state index is 0.0399. The molecule has 4 N–H and O–H groups in total. The highest BCUT2D eigenvalue weighted by Crippen LogP contribution is 2.05. The van der Waals surface area contributed by atoms with E-state index in [0.29, 0.717) is 13.2 Å². The monoisotopic (exact) mass is 236 g/mol. The van der Waals surface area contributed by atoms with Crippen LogP contribution in [0.2, 0.25) is 0 Å². The van der Waals surface area contributed by atoms with E-state index in [1.165, 1.54) is 0 Å². The normalized spacial score (nSPS) is 18.2. The lowest BCUT2D eigenvalue weighted by Crippen LogP contribution is -2.39. The number of hydrogen-bond donors (Lipinski definition) is 3. The molecule has 6 heteroatoms. The Labute approximate surface area is 98.5 Å². The predicted octanol–water partition coefficient (Wildman–Crippen LogP) is -1.18. The van der Waals surface area contributed by atoms with Crippen molar-refractivity contribution in [3.05, 3.63) is 16.8 Å². The number of alkyl carbamates (subject to hydrolysis) is 1. The Morgan fingerprint density at radius 2 is 2.59 bits per heavy atom. The largest absolute Gasteiger partial charge is 0.450 e. The lowest BCUT2D eigenvalue weighted by molar-refractivity contribution is 0.153. The van der Waals surface area contributed by atoms with E-state index >= 15 is 0 Å². The molecule has 0 spiro atoms. The first kappa shape index (κ1) is 11.7. The maximum Gasteiger partial charge on any atom is 0.407 e. The molecule has 0 bridgehead atoms. The zero-order valence-corrected chi connectivity index (χ0v) is 9.69. The van der Waals surface area contributed by atoms with E-state index in [2.05, 4.69) is 15.5 Å². The van der Waals surface area contributed by atoms with E-state index in [-0.39, 0.29) is 6.04 Å². The number of aromatic amines is 1. The van der Waals surface area contributed by atoms with Crippen molar-refractivity contribution >= 4 is 17.7 Å². The first-order valence-electron chi connectivity index (χ1n) is 5.60. The lowest BCUT2D eigenvalue weighted by atomic mass is 10.00. The Balaban J connectivity index is 2.14. The second-order valence-electron chi connectivity index (χ2n) is 3.91. The number of fused-ring (bicyclic) bond motifs is 1. The van der Waals surface area contributed by atoms with Crippen LogP contribution in [-0.2, 0) is 4.74 Å². The summed E-state index contributed by atoms with van der Waals surface area (Å²) in [5.41, 5.74) is 6.96. The maximum absolute atomic E-state index is 11.2. The average Bonchev–Trinajstić information content (AvgIpc) is 2.74. The molecular formula is C11H16N4O2. The van der Waals surface area contributed by atoms with E-state index < -0.39 is 6.09 Å². The quantitative estimate of drug-likeness (QED) is 0.615. The molecular weight excluding hydrogens is 220 g/mol. The fourth-order valence-corrected chi connectivity index (χ4v) is 1.90. The van der Waals surface area contributed by atoms with Gasteiger partial charge in [-0.3, -0.25) is 5.10 Å². The molecule has 0 saturated carbocycles. The zero-order valence-electron chi connectivity index (χ0n) is 9.69. The van der Waals surface area contributed by atoms with Crippen molar-refractivity contribution in [3.63, 3.8) is 0 Å². The smallest absolute Gasteiger partial charge is 0.407 e. The predicted molar refractivity (Wildman–Crippen MR) is 63.3 cm³/mol. The summed E-state index contributed by atoms with van der Waals surface area (Å²) in [5, 5.41) is 11.5. The van der Waals surface area contributed by atoms with Crippen molar-refractivity contribution in [2.75, 3.05) is 13.2 Å². The Morgan fingerprint density at radius 3 is 3.35 bits per heavy atom. The number of rotatable bonds is 3. The molecule has 1 aromatic heterocycles. The number of nitrogens with one attached hydrogen (secondary N) is 2. The second kappa shape index (κ2) is 5.01. The fourth-order valence-electron chi connectivity index (χ4n) is 1.90. The minimum atomic E-state index is -0.409. The molecule has 1 aliphatic rings. The Bertz CT molecular complexity index is 520. The van der Waals surface area contributed by atoms with Gasteiger partial charge < -0.3 is 15.8 Å². The standard InChI is InChI=1S/C11H16N4O2/c1-2-17-11(16)13-5-7-3-8(12)4-10-9(7)6-14-15-10/h4,6,8,15H,2-3,5,12H2,1H3,(H,13,16).